The fourth-order valence-electron chi connectivity index (χ4n) is 2.46. The summed E-state index contributed by atoms with van der Waals surface area (Å²) in [5.41, 5.74) is -0.382. The first-order valence-electron chi connectivity index (χ1n) is 6.26. The topological polar surface area (TPSA) is 63.5 Å². The summed E-state index contributed by atoms with van der Waals surface area (Å²) in [5, 5.41) is 11.4. The van der Waals surface area contributed by atoms with E-state index in [2.05, 4.69) is 15.9 Å². The predicted octanol–water partition coefficient (Wildman–Crippen LogP) is 2.98. The first-order chi connectivity index (χ1) is 9.43. The van der Waals surface area contributed by atoms with E-state index < -0.39 is 16.4 Å². The molecule has 1 fully saturated rings. The Morgan fingerprint density at radius 2 is 2.25 bits per heavy atom. The lowest BCUT2D eigenvalue weighted by Crippen LogP contribution is -2.38. The van der Waals surface area contributed by atoms with Gasteiger partial charge in [-0.1, -0.05) is 22.9 Å². The van der Waals surface area contributed by atoms with E-state index in [1.807, 2.05) is 6.92 Å². The zero-order valence-electron chi connectivity index (χ0n) is 10.9. The van der Waals surface area contributed by atoms with Crippen molar-refractivity contribution in [1.82, 2.24) is 4.90 Å². The van der Waals surface area contributed by atoms with Crippen LogP contribution >= 0.6 is 15.9 Å². The van der Waals surface area contributed by atoms with Crippen LogP contribution in [0.15, 0.2) is 18.2 Å². The number of amides is 1. The molecule has 20 heavy (non-hydrogen) atoms. The van der Waals surface area contributed by atoms with Gasteiger partial charge in [-0.3, -0.25) is 14.9 Å². The molecule has 0 N–H and O–H groups in total. The van der Waals surface area contributed by atoms with E-state index in [1.165, 1.54) is 0 Å². The highest BCUT2D eigenvalue weighted by Crippen LogP contribution is 2.28. The second kappa shape index (κ2) is 5.87. The minimum Gasteiger partial charge on any atom is -0.335 e. The van der Waals surface area contributed by atoms with Gasteiger partial charge in [0.15, 0.2) is 0 Å². The number of nitro groups is 1. The molecule has 0 aromatic heterocycles. The van der Waals surface area contributed by atoms with E-state index in [0.717, 1.165) is 24.6 Å². The number of likely N-dealkylation sites (tertiary alicyclic amines) is 1. The van der Waals surface area contributed by atoms with Crippen LogP contribution in [-0.4, -0.2) is 33.6 Å². The van der Waals surface area contributed by atoms with Gasteiger partial charge in [-0.05, 0) is 18.4 Å². The smallest absolute Gasteiger partial charge is 0.273 e. The van der Waals surface area contributed by atoms with Crippen LogP contribution in [0.3, 0.4) is 0 Å². The van der Waals surface area contributed by atoms with Crippen LogP contribution in [0.5, 0.6) is 0 Å². The molecule has 2 unspecified atom stereocenters. The van der Waals surface area contributed by atoms with Gasteiger partial charge in [0, 0.05) is 29.5 Å². The molecule has 1 aromatic rings. The molecule has 1 saturated heterocycles. The molecule has 1 amide bonds. The van der Waals surface area contributed by atoms with Gasteiger partial charge < -0.3 is 4.90 Å². The molecule has 0 spiro atoms. The van der Waals surface area contributed by atoms with Gasteiger partial charge in [-0.15, -0.1) is 0 Å². The van der Waals surface area contributed by atoms with Gasteiger partial charge in [-0.25, -0.2) is 4.39 Å². The monoisotopic (exact) mass is 344 g/mol. The molecule has 1 aromatic carbocycles. The van der Waals surface area contributed by atoms with Crippen LogP contribution in [0.25, 0.3) is 0 Å². The maximum atomic E-state index is 13.4. The molecule has 7 heteroatoms. The summed E-state index contributed by atoms with van der Waals surface area (Å²) in [4.78, 5) is 24.1. The highest BCUT2D eigenvalue weighted by Gasteiger charge is 2.34. The summed E-state index contributed by atoms with van der Waals surface area (Å²) in [6, 6.07) is 3.01. The number of halogens is 2. The Bertz CT molecular complexity index is 552. The highest BCUT2D eigenvalue weighted by molar-refractivity contribution is 9.09. The van der Waals surface area contributed by atoms with Crippen molar-refractivity contribution in [2.75, 3.05) is 11.9 Å². The van der Waals surface area contributed by atoms with Crippen LogP contribution < -0.4 is 0 Å². The molecule has 1 heterocycles. The molecule has 1 aliphatic rings. The lowest BCUT2D eigenvalue weighted by Gasteiger charge is -2.25. The Labute approximate surface area is 124 Å². The molecule has 0 aliphatic carbocycles. The lowest BCUT2D eigenvalue weighted by atomic mass is 10.0. The summed E-state index contributed by atoms with van der Waals surface area (Å²) in [7, 11) is 0. The molecule has 5 nitrogen and oxygen atoms in total. The van der Waals surface area contributed by atoms with Gasteiger partial charge >= 0.3 is 0 Å². The van der Waals surface area contributed by atoms with E-state index >= 15 is 0 Å². The number of nitro benzene ring substituents is 1. The van der Waals surface area contributed by atoms with Gasteiger partial charge in [0.1, 0.15) is 5.82 Å². The van der Waals surface area contributed by atoms with E-state index in [9.17, 15) is 19.3 Å². The van der Waals surface area contributed by atoms with E-state index in [4.69, 9.17) is 0 Å². The van der Waals surface area contributed by atoms with Crippen molar-refractivity contribution in [3.63, 3.8) is 0 Å². The minimum atomic E-state index is -0.773. The van der Waals surface area contributed by atoms with Crippen molar-refractivity contribution in [2.45, 2.75) is 19.4 Å². The molecule has 108 valence electrons. The number of carbonyl (C=O) groups excluding carboxylic acids is 1. The fraction of sp³-hybridized carbons (Fsp3) is 0.462. The summed E-state index contributed by atoms with van der Waals surface area (Å²) in [6.45, 7) is 2.63. The first kappa shape index (κ1) is 14.9. The Morgan fingerprint density at radius 1 is 1.55 bits per heavy atom. The van der Waals surface area contributed by atoms with E-state index in [0.29, 0.717) is 17.8 Å². The zero-order valence-corrected chi connectivity index (χ0v) is 12.5. The highest BCUT2D eigenvalue weighted by atomic mass is 79.9. The molecule has 0 bridgehead atoms. The van der Waals surface area contributed by atoms with Crippen molar-refractivity contribution in [2.24, 2.45) is 5.92 Å². The number of alkyl halides is 1. The van der Waals surface area contributed by atoms with Crippen LogP contribution in [0.4, 0.5) is 10.1 Å². The Morgan fingerprint density at radius 3 is 2.85 bits per heavy atom. The maximum absolute atomic E-state index is 13.4. The number of rotatable bonds is 3. The summed E-state index contributed by atoms with van der Waals surface area (Å²) in [6.07, 6.45) is 0.874. The average molecular weight is 345 g/mol. The van der Waals surface area contributed by atoms with Crippen molar-refractivity contribution in [3.8, 4) is 0 Å². The lowest BCUT2D eigenvalue weighted by molar-refractivity contribution is -0.385. The Hall–Kier alpha value is -1.50. The predicted molar refractivity (Wildman–Crippen MR) is 75.5 cm³/mol. The van der Waals surface area contributed by atoms with Crippen LogP contribution in [0.2, 0.25) is 0 Å². The number of nitrogens with zero attached hydrogens (tertiary/aromatic N) is 2. The average Bonchev–Trinajstić information content (AvgIpc) is 2.78. The maximum Gasteiger partial charge on any atom is 0.273 e. The second-order valence-corrected chi connectivity index (χ2v) is 5.59. The van der Waals surface area contributed by atoms with Gasteiger partial charge in [-0.2, -0.15) is 0 Å². The third kappa shape index (κ3) is 2.82. The largest absolute Gasteiger partial charge is 0.335 e. The van der Waals surface area contributed by atoms with Crippen LogP contribution in [0.1, 0.15) is 23.7 Å². The SMILES string of the molecule is CC1CCN(C(=O)c2cc(F)cc([N+](=O)[O-])c2)C1CBr. The van der Waals surface area contributed by atoms with Crippen molar-refractivity contribution >= 4 is 27.5 Å². The number of hydrogen-bond acceptors (Lipinski definition) is 3. The van der Waals surface area contributed by atoms with E-state index in [-0.39, 0.29) is 17.5 Å². The van der Waals surface area contributed by atoms with E-state index in [1.54, 1.807) is 4.90 Å². The Balaban J connectivity index is 2.32. The van der Waals surface area contributed by atoms with Gasteiger partial charge in [0.2, 0.25) is 0 Å². The van der Waals surface area contributed by atoms with Gasteiger partial charge in [0.25, 0.3) is 11.6 Å². The number of hydrogen-bond donors (Lipinski definition) is 0. The number of non-ortho nitro benzene ring substituents is 1. The Kier molecular flexibility index (Phi) is 4.37. The summed E-state index contributed by atoms with van der Waals surface area (Å²) >= 11 is 3.37. The standard InChI is InChI=1S/C13H14BrFN2O3/c1-8-2-3-16(12(8)7-14)13(18)9-4-10(15)6-11(5-9)17(19)20/h4-6,8,12H,2-3,7H2,1H3. The molecule has 0 radical (unpaired) electrons. The third-order valence-corrected chi connectivity index (χ3v) is 4.31. The molecular formula is C13H14BrFN2O3. The number of carbonyl (C=O) groups is 1. The fourth-order valence-corrected chi connectivity index (χ4v) is 3.45. The minimum absolute atomic E-state index is 0.0248. The summed E-state index contributed by atoms with van der Waals surface area (Å²) < 4.78 is 13.4. The second-order valence-electron chi connectivity index (χ2n) is 4.94. The first-order valence-corrected chi connectivity index (χ1v) is 7.38. The third-order valence-electron chi connectivity index (χ3n) is 3.64. The summed E-state index contributed by atoms with van der Waals surface area (Å²) in [5.74, 6) is -0.784. The molecule has 1 aliphatic heterocycles. The molecule has 2 atom stereocenters. The molecule has 0 saturated carbocycles. The molecular weight excluding hydrogens is 331 g/mol. The number of benzene rings is 1. The zero-order chi connectivity index (χ0) is 14.9. The van der Waals surface area contributed by atoms with Crippen molar-refractivity contribution in [3.05, 3.63) is 39.7 Å². The van der Waals surface area contributed by atoms with Crippen LogP contribution in [0, 0.1) is 21.8 Å². The normalized spacial score (nSPS) is 22.1. The van der Waals surface area contributed by atoms with Crippen molar-refractivity contribution in [1.29, 1.82) is 0 Å². The van der Waals surface area contributed by atoms with Crippen molar-refractivity contribution < 1.29 is 14.1 Å². The molecule has 2 rings (SSSR count). The van der Waals surface area contributed by atoms with Gasteiger partial charge in [0.05, 0.1) is 11.0 Å². The quantitative estimate of drug-likeness (QED) is 0.481. The van der Waals surface area contributed by atoms with Crippen LogP contribution in [-0.2, 0) is 0 Å².